The van der Waals surface area contributed by atoms with E-state index in [0.29, 0.717) is 4.90 Å². The summed E-state index contributed by atoms with van der Waals surface area (Å²) < 4.78 is 48.6. The van der Waals surface area contributed by atoms with Crippen molar-refractivity contribution in [3.05, 3.63) is 29.8 Å². The zero-order chi connectivity index (χ0) is 17.0. The number of sulfone groups is 1. The molecule has 0 radical (unpaired) electrons. The van der Waals surface area contributed by atoms with Crippen LogP contribution >= 0.6 is 11.8 Å². The van der Waals surface area contributed by atoms with E-state index in [0.717, 1.165) is 23.9 Å². The SMILES string of the molecule is CC(C)(C)S(=O)(=O)CCNC(=O)CSc1ccc(F)c(F)c1. The topological polar surface area (TPSA) is 63.2 Å². The third-order valence-electron chi connectivity index (χ3n) is 2.89. The van der Waals surface area contributed by atoms with Crippen molar-refractivity contribution in [1.82, 2.24) is 5.32 Å². The van der Waals surface area contributed by atoms with Gasteiger partial charge in [0.1, 0.15) is 0 Å². The summed E-state index contributed by atoms with van der Waals surface area (Å²) in [5.74, 6) is -2.42. The predicted octanol–water partition coefficient (Wildman–Crippen LogP) is 2.39. The van der Waals surface area contributed by atoms with E-state index < -0.39 is 26.2 Å². The Hall–Kier alpha value is -1.15. The van der Waals surface area contributed by atoms with Gasteiger partial charge in [0.25, 0.3) is 0 Å². The van der Waals surface area contributed by atoms with Gasteiger partial charge in [-0.1, -0.05) is 0 Å². The molecule has 1 aromatic carbocycles. The first kappa shape index (κ1) is 18.9. The normalized spacial score (nSPS) is 12.2. The van der Waals surface area contributed by atoms with Crippen molar-refractivity contribution in [1.29, 1.82) is 0 Å². The molecule has 4 nitrogen and oxygen atoms in total. The third-order valence-corrected chi connectivity index (χ3v) is 6.49. The van der Waals surface area contributed by atoms with Crippen molar-refractivity contribution in [2.75, 3.05) is 18.1 Å². The Morgan fingerprint density at radius 3 is 2.41 bits per heavy atom. The van der Waals surface area contributed by atoms with Crippen molar-refractivity contribution < 1.29 is 22.0 Å². The highest BCUT2D eigenvalue weighted by Crippen LogP contribution is 2.20. The van der Waals surface area contributed by atoms with Gasteiger partial charge in [-0.2, -0.15) is 0 Å². The Kier molecular flexibility index (Phi) is 6.37. The molecule has 8 heteroatoms. The highest BCUT2D eigenvalue weighted by atomic mass is 32.2. The Morgan fingerprint density at radius 1 is 1.23 bits per heavy atom. The lowest BCUT2D eigenvalue weighted by Gasteiger charge is -2.19. The minimum Gasteiger partial charge on any atom is -0.354 e. The number of nitrogens with one attached hydrogen (secondary N) is 1. The highest BCUT2D eigenvalue weighted by Gasteiger charge is 2.28. The first-order chi connectivity index (χ1) is 10.0. The number of hydrogen-bond acceptors (Lipinski definition) is 4. The van der Waals surface area contributed by atoms with Gasteiger partial charge in [0.15, 0.2) is 21.5 Å². The van der Waals surface area contributed by atoms with Crippen LogP contribution in [0.4, 0.5) is 8.78 Å². The Labute approximate surface area is 133 Å². The maximum Gasteiger partial charge on any atom is 0.230 e. The van der Waals surface area contributed by atoms with Gasteiger partial charge in [-0.25, -0.2) is 17.2 Å². The molecule has 0 aromatic heterocycles. The fraction of sp³-hybridized carbons (Fsp3) is 0.500. The van der Waals surface area contributed by atoms with E-state index in [1.807, 2.05) is 0 Å². The van der Waals surface area contributed by atoms with E-state index in [1.54, 1.807) is 20.8 Å². The predicted molar refractivity (Wildman–Crippen MR) is 83.6 cm³/mol. The molecule has 0 atom stereocenters. The Bertz CT molecular complexity index is 640. The molecule has 0 saturated heterocycles. The number of rotatable bonds is 6. The largest absolute Gasteiger partial charge is 0.354 e. The van der Waals surface area contributed by atoms with Crippen LogP contribution in [-0.2, 0) is 14.6 Å². The maximum atomic E-state index is 13.0. The smallest absolute Gasteiger partial charge is 0.230 e. The summed E-state index contributed by atoms with van der Waals surface area (Å²) in [5, 5.41) is 2.50. The van der Waals surface area contributed by atoms with Gasteiger partial charge in [0.2, 0.25) is 5.91 Å². The molecule has 0 spiro atoms. The lowest BCUT2D eigenvalue weighted by atomic mass is 10.3. The lowest BCUT2D eigenvalue weighted by molar-refractivity contribution is -0.118. The maximum absolute atomic E-state index is 13.0. The number of thioether (sulfide) groups is 1. The molecule has 0 aliphatic rings. The monoisotopic (exact) mass is 351 g/mol. The molecule has 1 rings (SSSR count). The van der Waals surface area contributed by atoms with Gasteiger partial charge in [-0.05, 0) is 39.0 Å². The third kappa shape index (κ3) is 5.57. The van der Waals surface area contributed by atoms with Gasteiger partial charge in [0, 0.05) is 11.4 Å². The average molecular weight is 351 g/mol. The second-order valence-electron chi connectivity index (χ2n) is 5.65. The van der Waals surface area contributed by atoms with Crippen molar-refractivity contribution in [2.24, 2.45) is 0 Å². The molecule has 0 aliphatic heterocycles. The quantitative estimate of drug-likeness (QED) is 0.800. The molecule has 1 amide bonds. The van der Waals surface area contributed by atoms with E-state index in [1.165, 1.54) is 6.07 Å². The van der Waals surface area contributed by atoms with Crippen LogP contribution in [0.25, 0.3) is 0 Å². The van der Waals surface area contributed by atoms with Crippen molar-refractivity contribution in [3.8, 4) is 0 Å². The second kappa shape index (κ2) is 7.41. The number of carbonyl (C=O) groups excluding carboxylic acids is 1. The molecule has 22 heavy (non-hydrogen) atoms. The van der Waals surface area contributed by atoms with Gasteiger partial charge in [-0.15, -0.1) is 11.8 Å². The summed E-state index contributed by atoms with van der Waals surface area (Å²) in [5.41, 5.74) is 0. The molecule has 0 bridgehead atoms. The summed E-state index contributed by atoms with van der Waals surface area (Å²) in [6.07, 6.45) is 0. The molecule has 0 fully saturated rings. The van der Waals surface area contributed by atoms with Crippen LogP contribution < -0.4 is 5.32 Å². The van der Waals surface area contributed by atoms with Crippen LogP contribution in [0.15, 0.2) is 23.1 Å². The molecular formula is C14H19F2NO3S2. The van der Waals surface area contributed by atoms with Crippen molar-refractivity contribution in [3.63, 3.8) is 0 Å². The van der Waals surface area contributed by atoms with Crippen LogP contribution in [0, 0.1) is 11.6 Å². The standard InChI is InChI=1S/C14H19F2NO3S2/c1-14(2,3)22(19,20)7-6-17-13(18)9-21-10-4-5-11(15)12(16)8-10/h4-5,8H,6-7,9H2,1-3H3,(H,17,18). The first-order valence-electron chi connectivity index (χ1n) is 6.60. The van der Waals surface area contributed by atoms with Crippen LogP contribution in [0.1, 0.15) is 20.8 Å². The second-order valence-corrected chi connectivity index (χ2v) is 9.56. The number of benzene rings is 1. The van der Waals surface area contributed by atoms with Gasteiger partial charge in [-0.3, -0.25) is 4.79 Å². The molecule has 1 N–H and O–H groups in total. The summed E-state index contributed by atoms with van der Waals surface area (Å²) in [6, 6.07) is 3.38. The molecule has 124 valence electrons. The summed E-state index contributed by atoms with van der Waals surface area (Å²) >= 11 is 1.05. The van der Waals surface area contributed by atoms with Gasteiger partial charge < -0.3 is 5.32 Å². The number of halogens is 2. The Balaban J connectivity index is 2.40. The zero-order valence-electron chi connectivity index (χ0n) is 12.7. The van der Waals surface area contributed by atoms with Crippen LogP contribution in [0.3, 0.4) is 0 Å². The van der Waals surface area contributed by atoms with Crippen LogP contribution in [-0.4, -0.2) is 37.1 Å². The highest BCUT2D eigenvalue weighted by molar-refractivity contribution is 8.00. The van der Waals surface area contributed by atoms with Crippen LogP contribution in [0.2, 0.25) is 0 Å². The molecule has 0 saturated carbocycles. The summed E-state index contributed by atoms with van der Waals surface area (Å²) in [6.45, 7) is 4.83. The van der Waals surface area contributed by atoms with E-state index in [4.69, 9.17) is 0 Å². The Morgan fingerprint density at radius 2 is 1.86 bits per heavy atom. The molecule has 0 unspecified atom stereocenters. The van der Waals surface area contributed by atoms with Crippen LogP contribution in [0.5, 0.6) is 0 Å². The van der Waals surface area contributed by atoms with Crippen molar-refractivity contribution >= 4 is 27.5 Å². The summed E-state index contributed by atoms with van der Waals surface area (Å²) in [7, 11) is -3.28. The number of amides is 1. The minimum atomic E-state index is -3.28. The zero-order valence-corrected chi connectivity index (χ0v) is 14.3. The number of carbonyl (C=O) groups is 1. The number of hydrogen-bond donors (Lipinski definition) is 1. The summed E-state index contributed by atoms with van der Waals surface area (Å²) in [4.78, 5) is 12.0. The van der Waals surface area contributed by atoms with E-state index >= 15 is 0 Å². The molecule has 0 aliphatic carbocycles. The van der Waals surface area contributed by atoms with E-state index in [9.17, 15) is 22.0 Å². The fourth-order valence-electron chi connectivity index (χ4n) is 1.40. The van der Waals surface area contributed by atoms with Gasteiger partial charge >= 0.3 is 0 Å². The lowest BCUT2D eigenvalue weighted by Crippen LogP contribution is -2.37. The van der Waals surface area contributed by atoms with E-state index in [-0.39, 0.29) is 24.0 Å². The van der Waals surface area contributed by atoms with Gasteiger partial charge in [0.05, 0.1) is 16.3 Å². The minimum absolute atomic E-state index is 0.000633. The van der Waals surface area contributed by atoms with E-state index in [2.05, 4.69) is 5.32 Å². The molecule has 1 aromatic rings. The molecular weight excluding hydrogens is 332 g/mol. The van der Waals surface area contributed by atoms with Crippen molar-refractivity contribution in [2.45, 2.75) is 30.4 Å². The fourth-order valence-corrected chi connectivity index (χ4v) is 3.13. The first-order valence-corrected chi connectivity index (χ1v) is 9.23. The molecule has 0 heterocycles. The average Bonchev–Trinajstić information content (AvgIpc) is 2.38.